The maximum absolute atomic E-state index is 6.22. The number of rotatable bonds is 6. The highest BCUT2D eigenvalue weighted by molar-refractivity contribution is 6.28. The number of halogens is 1. The first kappa shape index (κ1) is 21.7. The third-order valence-electron chi connectivity index (χ3n) is 5.78. The predicted molar refractivity (Wildman–Crippen MR) is 129 cm³/mol. The number of hydrogen-bond donors (Lipinski definition) is 1. The topological polar surface area (TPSA) is 85.9 Å². The number of anilines is 2. The first-order valence-electron chi connectivity index (χ1n) is 11.1. The predicted octanol–water partition coefficient (Wildman–Crippen LogP) is 4.08. The van der Waals surface area contributed by atoms with Gasteiger partial charge < -0.3 is 19.5 Å². The number of imidazole rings is 1. The van der Waals surface area contributed by atoms with E-state index in [0.29, 0.717) is 17.9 Å². The Morgan fingerprint density at radius 2 is 2.06 bits per heavy atom. The smallest absolute Gasteiger partial charge is 0.226 e. The van der Waals surface area contributed by atoms with Crippen LogP contribution >= 0.6 is 11.6 Å². The van der Waals surface area contributed by atoms with Crippen molar-refractivity contribution in [3.8, 4) is 5.69 Å². The summed E-state index contributed by atoms with van der Waals surface area (Å²) in [6, 6.07) is 10.4. The zero-order valence-electron chi connectivity index (χ0n) is 18.9. The number of nitrogens with one attached hydrogen (secondary N) is 1. The molecule has 0 saturated carbocycles. The molecule has 5 rings (SSSR count). The molecule has 1 fully saturated rings. The molecule has 9 nitrogen and oxygen atoms in total. The van der Waals surface area contributed by atoms with Crippen molar-refractivity contribution in [1.82, 2.24) is 29.3 Å². The third-order valence-corrected chi connectivity index (χ3v) is 5.94. The molecule has 0 amide bonds. The summed E-state index contributed by atoms with van der Waals surface area (Å²) in [7, 11) is 0. The molecule has 1 saturated heterocycles. The van der Waals surface area contributed by atoms with Crippen LogP contribution in [0.2, 0.25) is 5.28 Å². The molecule has 0 radical (unpaired) electrons. The van der Waals surface area contributed by atoms with Crippen molar-refractivity contribution < 1.29 is 4.74 Å². The molecule has 4 heterocycles. The van der Waals surface area contributed by atoms with Crippen molar-refractivity contribution in [2.75, 3.05) is 29.9 Å². The summed E-state index contributed by atoms with van der Waals surface area (Å²) in [6.07, 6.45) is 3.98. The molecule has 33 heavy (non-hydrogen) atoms. The summed E-state index contributed by atoms with van der Waals surface area (Å²) in [4.78, 5) is 15.5. The molecule has 172 valence electrons. The quantitative estimate of drug-likeness (QED) is 0.428. The van der Waals surface area contributed by atoms with Crippen LogP contribution in [0.4, 0.5) is 11.6 Å². The first-order valence-corrected chi connectivity index (χ1v) is 11.5. The van der Waals surface area contributed by atoms with Gasteiger partial charge >= 0.3 is 0 Å². The number of benzene rings is 1. The Hall–Kier alpha value is -3.17. The molecular weight excluding hydrogens is 440 g/mol. The van der Waals surface area contributed by atoms with Gasteiger partial charge in [0.2, 0.25) is 5.28 Å². The van der Waals surface area contributed by atoms with Crippen LogP contribution in [-0.2, 0) is 11.3 Å². The van der Waals surface area contributed by atoms with E-state index in [4.69, 9.17) is 21.4 Å². The molecule has 0 unspecified atom stereocenters. The van der Waals surface area contributed by atoms with E-state index in [1.54, 1.807) is 6.33 Å². The van der Waals surface area contributed by atoms with E-state index in [2.05, 4.69) is 64.1 Å². The van der Waals surface area contributed by atoms with Crippen molar-refractivity contribution in [1.29, 1.82) is 0 Å². The van der Waals surface area contributed by atoms with Gasteiger partial charge in [0.25, 0.3) is 0 Å². The Kier molecular flexibility index (Phi) is 5.90. The van der Waals surface area contributed by atoms with Gasteiger partial charge in [-0.15, -0.1) is 0 Å². The van der Waals surface area contributed by atoms with Crippen molar-refractivity contribution in [3.63, 3.8) is 0 Å². The summed E-state index contributed by atoms with van der Waals surface area (Å²) in [5.74, 6) is 1.57. The summed E-state index contributed by atoms with van der Waals surface area (Å²) in [6.45, 7) is 9.19. The molecule has 0 aliphatic carbocycles. The monoisotopic (exact) mass is 466 g/mol. The lowest BCUT2D eigenvalue weighted by molar-refractivity contribution is 0.0529. The van der Waals surface area contributed by atoms with Crippen LogP contribution in [0.15, 0.2) is 42.9 Å². The van der Waals surface area contributed by atoms with Crippen molar-refractivity contribution in [3.05, 3.63) is 53.7 Å². The van der Waals surface area contributed by atoms with Gasteiger partial charge in [-0.1, -0.05) is 18.2 Å². The van der Waals surface area contributed by atoms with Gasteiger partial charge in [-0.05, 0) is 44.0 Å². The average molecular weight is 467 g/mol. The Morgan fingerprint density at radius 1 is 1.21 bits per heavy atom. The molecule has 1 aromatic carbocycles. The van der Waals surface area contributed by atoms with E-state index < -0.39 is 0 Å². The Bertz CT molecular complexity index is 1270. The first-order chi connectivity index (χ1) is 16.0. The molecular formula is C23H27ClN8O. The van der Waals surface area contributed by atoms with Gasteiger partial charge in [-0.3, -0.25) is 0 Å². The second-order valence-corrected chi connectivity index (χ2v) is 8.83. The fraction of sp³-hybridized carbons (Fsp3) is 0.391. The van der Waals surface area contributed by atoms with E-state index in [1.807, 2.05) is 27.6 Å². The molecule has 0 bridgehead atoms. The zero-order chi connectivity index (χ0) is 22.9. The lowest BCUT2D eigenvalue weighted by atomic mass is 10.2. The summed E-state index contributed by atoms with van der Waals surface area (Å²) in [5.41, 5.74) is 3.50. The van der Waals surface area contributed by atoms with Crippen molar-refractivity contribution >= 4 is 34.4 Å². The van der Waals surface area contributed by atoms with Gasteiger partial charge in [0.1, 0.15) is 0 Å². The molecule has 0 spiro atoms. The molecule has 1 N–H and O–H groups in total. The number of aromatic nitrogens is 6. The highest BCUT2D eigenvalue weighted by atomic mass is 35.5. The van der Waals surface area contributed by atoms with Crippen molar-refractivity contribution in [2.24, 2.45) is 0 Å². The van der Waals surface area contributed by atoms with Crippen LogP contribution in [0, 0.1) is 0 Å². The lowest BCUT2D eigenvalue weighted by Crippen LogP contribution is -2.41. The highest BCUT2D eigenvalue weighted by Gasteiger charge is 2.19. The molecule has 1 aliphatic heterocycles. The molecule has 1 atom stereocenters. The minimum Gasteiger partial charge on any atom is -0.375 e. The van der Waals surface area contributed by atoms with E-state index in [1.165, 1.54) is 0 Å². The summed E-state index contributed by atoms with van der Waals surface area (Å²) in [5, 5.41) is 8.43. The van der Waals surface area contributed by atoms with Gasteiger partial charge in [0.15, 0.2) is 22.8 Å². The highest BCUT2D eigenvalue weighted by Crippen LogP contribution is 2.25. The van der Waals surface area contributed by atoms with Crippen LogP contribution in [0.25, 0.3) is 16.9 Å². The largest absolute Gasteiger partial charge is 0.375 e. The molecule has 4 aromatic rings. The molecule has 3 aromatic heterocycles. The van der Waals surface area contributed by atoms with Crippen molar-refractivity contribution in [2.45, 2.75) is 39.5 Å². The van der Waals surface area contributed by atoms with Gasteiger partial charge in [0, 0.05) is 37.9 Å². The lowest BCUT2D eigenvalue weighted by Gasteiger charge is -2.31. The van der Waals surface area contributed by atoms with Crippen LogP contribution in [0.5, 0.6) is 0 Å². The maximum atomic E-state index is 6.22. The number of fused-ring (bicyclic) bond motifs is 1. The molecule has 1 aliphatic rings. The second-order valence-electron chi connectivity index (χ2n) is 8.49. The van der Waals surface area contributed by atoms with Crippen LogP contribution < -0.4 is 10.2 Å². The van der Waals surface area contributed by atoms with Crippen LogP contribution in [0.3, 0.4) is 0 Å². The number of para-hydroxylation sites is 1. The molecule has 10 heteroatoms. The Morgan fingerprint density at radius 3 is 2.88 bits per heavy atom. The fourth-order valence-corrected chi connectivity index (χ4v) is 4.26. The second kappa shape index (κ2) is 8.99. The fourth-order valence-electron chi connectivity index (χ4n) is 4.10. The number of hydrogen-bond acceptors (Lipinski definition) is 7. The van der Waals surface area contributed by atoms with Gasteiger partial charge in [0.05, 0.1) is 24.7 Å². The SMILES string of the molecule is CC(C)n1cnc2c(NCc3ccccc3-n3ccc(N4CCO[C@H](C)C4)n3)nc(Cl)nc21. The van der Waals surface area contributed by atoms with Crippen LogP contribution in [0.1, 0.15) is 32.4 Å². The summed E-state index contributed by atoms with van der Waals surface area (Å²) < 4.78 is 9.56. The van der Waals surface area contributed by atoms with Gasteiger partial charge in [-0.2, -0.15) is 15.1 Å². The average Bonchev–Trinajstić information content (AvgIpc) is 3.45. The van der Waals surface area contributed by atoms with E-state index in [0.717, 1.165) is 42.4 Å². The van der Waals surface area contributed by atoms with E-state index in [9.17, 15) is 0 Å². The Balaban J connectivity index is 1.40. The third kappa shape index (κ3) is 4.38. The van der Waals surface area contributed by atoms with Gasteiger partial charge in [-0.25, -0.2) is 9.67 Å². The van der Waals surface area contributed by atoms with E-state index >= 15 is 0 Å². The number of nitrogens with zero attached hydrogens (tertiary/aromatic N) is 7. The van der Waals surface area contributed by atoms with E-state index in [-0.39, 0.29) is 17.4 Å². The maximum Gasteiger partial charge on any atom is 0.226 e. The van der Waals surface area contributed by atoms with Crippen LogP contribution in [-0.4, -0.2) is 55.1 Å². The standard InChI is InChI=1S/C23H27ClN8O/c1-15(2)31-14-26-20-21(27-23(24)28-22(20)31)25-12-17-6-4-5-7-18(17)32-9-8-19(29-32)30-10-11-33-16(3)13-30/h4-9,14-16H,10-13H2,1-3H3,(H,25,27,28)/t16-/m1/s1. The zero-order valence-corrected chi connectivity index (χ0v) is 19.7. The minimum atomic E-state index is 0.192. The minimum absolute atomic E-state index is 0.192. The normalized spacial score (nSPS) is 16.6. The summed E-state index contributed by atoms with van der Waals surface area (Å²) >= 11 is 6.22. The number of ether oxygens (including phenoxy) is 1. The Labute approximate surface area is 197 Å². The number of morpholine rings is 1.